The number of benzene rings is 1. The summed E-state index contributed by atoms with van der Waals surface area (Å²) in [5.74, 6) is 1.63. The van der Waals surface area contributed by atoms with Crippen molar-refractivity contribution in [3.05, 3.63) is 30.3 Å². The van der Waals surface area contributed by atoms with E-state index in [1.807, 2.05) is 0 Å². The van der Waals surface area contributed by atoms with Gasteiger partial charge in [-0.05, 0) is 17.7 Å². The summed E-state index contributed by atoms with van der Waals surface area (Å²) in [5, 5.41) is 0. The van der Waals surface area contributed by atoms with Gasteiger partial charge in [0.05, 0.1) is 27.3 Å². The predicted octanol–water partition coefficient (Wildman–Crippen LogP) is 0.436. The van der Waals surface area contributed by atoms with Crippen molar-refractivity contribution in [2.24, 2.45) is 0 Å². The van der Waals surface area contributed by atoms with E-state index in [2.05, 4.69) is 19.2 Å². The van der Waals surface area contributed by atoms with Gasteiger partial charge in [-0.2, -0.15) is 7.05 Å². The van der Waals surface area contributed by atoms with E-state index in [9.17, 15) is 0 Å². The van der Waals surface area contributed by atoms with E-state index in [1.54, 1.807) is 14.2 Å². The number of fused-ring (bicyclic) bond motifs is 1. The van der Waals surface area contributed by atoms with E-state index in [4.69, 9.17) is 9.47 Å². The van der Waals surface area contributed by atoms with Crippen molar-refractivity contribution in [1.29, 1.82) is 0 Å². The van der Waals surface area contributed by atoms with Crippen LogP contribution in [0.4, 0.5) is 0 Å². The summed E-state index contributed by atoms with van der Waals surface area (Å²) in [6, 6.07) is 4.15. The molecule has 1 unspecified atom stereocenters. The van der Waals surface area contributed by atoms with Crippen molar-refractivity contribution in [1.82, 2.24) is 0 Å². The Kier molecular flexibility index (Phi) is 2.82. The van der Waals surface area contributed by atoms with Crippen molar-refractivity contribution in [2.75, 3.05) is 20.8 Å². The number of methoxy groups -OCH3 is 2. The first kappa shape index (κ1) is 10.3. The zero-order valence-electron chi connectivity index (χ0n) is 9.30. The van der Waals surface area contributed by atoms with E-state index in [-0.39, 0.29) is 0 Å². The lowest BCUT2D eigenvalue weighted by Gasteiger charge is -2.28. The van der Waals surface area contributed by atoms with Crippen LogP contribution >= 0.6 is 0 Å². The van der Waals surface area contributed by atoms with Crippen molar-refractivity contribution < 1.29 is 14.4 Å². The molecule has 1 aromatic carbocycles. The molecule has 2 rings (SSSR count). The first-order valence-corrected chi connectivity index (χ1v) is 5.15. The summed E-state index contributed by atoms with van der Waals surface area (Å²) >= 11 is 0. The molecule has 1 aromatic rings. The van der Waals surface area contributed by atoms with Gasteiger partial charge in [0.2, 0.25) is 0 Å². The third-order valence-electron chi connectivity index (χ3n) is 2.89. The Morgan fingerprint density at radius 1 is 1.13 bits per heavy atom. The Balaban J connectivity index is 2.41. The smallest absolute Gasteiger partial charge is 0.161 e. The zero-order chi connectivity index (χ0) is 10.8. The highest BCUT2D eigenvalue weighted by atomic mass is 16.5. The Bertz CT molecular complexity index is 363. The highest BCUT2D eigenvalue weighted by Gasteiger charge is 2.17. The van der Waals surface area contributed by atoms with Crippen molar-refractivity contribution >= 4 is 0 Å². The molecule has 0 amide bonds. The maximum Gasteiger partial charge on any atom is 0.161 e. The van der Waals surface area contributed by atoms with E-state index in [0.717, 1.165) is 31.0 Å². The van der Waals surface area contributed by atoms with Gasteiger partial charge < -0.3 is 14.4 Å². The number of rotatable bonds is 2. The summed E-state index contributed by atoms with van der Waals surface area (Å²) < 4.78 is 10.6. The fraction of sp³-hybridized carbons (Fsp3) is 0.417. The molecule has 1 aliphatic heterocycles. The topological polar surface area (TPSA) is 22.9 Å². The minimum absolute atomic E-state index is 0.811. The lowest BCUT2D eigenvalue weighted by molar-refractivity contribution is -0.870. The normalized spacial score (nSPS) is 19.5. The first-order valence-electron chi connectivity index (χ1n) is 5.15. The summed E-state index contributed by atoms with van der Waals surface area (Å²) in [6.45, 7) is 2.05. The SMILES string of the molecule is [CH2-][NH+]1CCc2cc(OC)c(OC)cc2C1. The van der Waals surface area contributed by atoms with Crippen LogP contribution in [0.25, 0.3) is 0 Å². The molecule has 1 atom stereocenters. The lowest BCUT2D eigenvalue weighted by Crippen LogP contribution is -3.06. The minimum atomic E-state index is 0.811. The molecule has 1 N–H and O–H groups in total. The minimum Gasteiger partial charge on any atom is -0.493 e. The molecule has 0 spiro atoms. The molecule has 0 radical (unpaired) electrons. The Morgan fingerprint density at radius 2 is 1.73 bits per heavy atom. The Morgan fingerprint density at radius 3 is 2.33 bits per heavy atom. The Labute approximate surface area is 90.6 Å². The van der Waals surface area contributed by atoms with Gasteiger partial charge in [-0.25, -0.2) is 0 Å². The molecular formula is C12H17NO2. The third-order valence-corrected chi connectivity index (χ3v) is 2.89. The molecule has 0 saturated carbocycles. The van der Waals surface area contributed by atoms with Crippen LogP contribution in [0.5, 0.6) is 11.5 Å². The fourth-order valence-electron chi connectivity index (χ4n) is 2.03. The number of ether oxygens (including phenoxy) is 2. The molecule has 0 aliphatic carbocycles. The number of nitrogens with one attached hydrogen (secondary N) is 1. The summed E-state index contributed by atoms with van der Waals surface area (Å²) in [7, 11) is 7.38. The molecule has 82 valence electrons. The molecule has 1 aliphatic rings. The maximum absolute atomic E-state index is 5.28. The Hall–Kier alpha value is -1.22. The van der Waals surface area contributed by atoms with Crippen LogP contribution in [0.3, 0.4) is 0 Å². The van der Waals surface area contributed by atoms with Crippen LogP contribution in [0, 0.1) is 7.05 Å². The summed E-state index contributed by atoms with van der Waals surface area (Å²) in [6.07, 6.45) is 1.06. The van der Waals surface area contributed by atoms with Gasteiger partial charge in [-0.1, -0.05) is 0 Å². The molecule has 15 heavy (non-hydrogen) atoms. The van der Waals surface area contributed by atoms with Crippen molar-refractivity contribution in [3.8, 4) is 11.5 Å². The van der Waals surface area contributed by atoms with Crippen LogP contribution in [0.1, 0.15) is 11.1 Å². The molecule has 1 heterocycles. The monoisotopic (exact) mass is 207 g/mol. The summed E-state index contributed by atoms with van der Waals surface area (Å²) in [5.41, 5.74) is 2.68. The van der Waals surface area contributed by atoms with Gasteiger partial charge in [0.1, 0.15) is 0 Å². The highest BCUT2D eigenvalue weighted by molar-refractivity contribution is 5.47. The second-order valence-corrected chi connectivity index (χ2v) is 3.90. The van der Waals surface area contributed by atoms with Crippen LogP contribution in [0.2, 0.25) is 0 Å². The average Bonchev–Trinajstić information content (AvgIpc) is 2.27. The largest absolute Gasteiger partial charge is 0.493 e. The molecule has 0 bridgehead atoms. The lowest BCUT2D eigenvalue weighted by atomic mass is 9.99. The predicted molar refractivity (Wildman–Crippen MR) is 58.1 cm³/mol. The van der Waals surface area contributed by atoms with Crippen LogP contribution in [-0.2, 0) is 13.0 Å². The standard InChI is InChI=1S/C12H17NO2/c1-13-5-4-9-6-11(14-2)12(15-3)7-10(9)8-13/h6-7,13H,1,4-5,8H2,2-3H3. The number of quaternary nitrogens is 1. The summed E-state index contributed by atoms with van der Waals surface area (Å²) in [4.78, 5) is 1.30. The molecule has 0 saturated heterocycles. The van der Waals surface area contributed by atoms with Gasteiger partial charge in [0, 0.05) is 12.0 Å². The van der Waals surface area contributed by atoms with Gasteiger partial charge >= 0.3 is 0 Å². The molecule has 0 fully saturated rings. The van der Waals surface area contributed by atoms with Crippen LogP contribution in [0.15, 0.2) is 12.1 Å². The molecular weight excluding hydrogens is 190 g/mol. The van der Waals surface area contributed by atoms with Crippen LogP contribution < -0.4 is 14.4 Å². The number of hydrogen-bond donors (Lipinski definition) is 1. The van der Waals surface area contributed by atoms with Gasteiger partial charge in [0.25, 0.3) is 0 Å². The van der Waals surface area contributed by atoms with Gasteiger partial charge in [-0.3, -0.25) is 0 Å². The van der Waals surface area contributed by atoms with Crippen molar-refractivity contribution in [3.63, 3.8) is 0 Å². The van der Waals surface area contributed by atoms with Crippen LogP contribution in [-0.4, -0.2) is 20.8 Å². The van der Waals surface area contributed by atoms with Gasteiger partial charge in [0.15, 0.2) is 11.5 Å². The second-order valence-electron chi connectivity index (χ2n) is 3.90. The number of hydrogen-bond acceptors (Lipinski definition) is 2. The average molecular weight is 207 g/mol. The van der Waals surface area contributed by atoms with E-state index in [0.29, 0.717) is 0 Å². The van der Waals surface area contributed by atoms with Gasteiger partial charge in [-0.15, -0.1) is 0 Å². The second kappa shape index (κ2) is 4.11. The molecule has 3 heteroatoms. The maximum atomic E-state index is 5.28. The fourth-order valence-corrected chi connectivity index (χ4v) is 2.03. The third kappa shape index (κ3) is 1.92. The highest BCUT2D eigenvalue weighted by Crippen LogP contribution is 2.31. The van der Waals surface area contributed by atoms with E-state index < -0.39 is 0 Å². The van der Waals surface area contributed by atoms with E-state index >= 15 is 0 Å². The molecule has 0 aromatic heterocycles. The van der Waals surface area contributed by atoms with Crippen molar-refractivity contribution in [2.45, 2.75) is 13.0 Å². The quantitative estimate of drug-likeness (QED) is 0.711. The zero-order valence-corrected chi connectivity index (χ0v) is 9.30. The van der Waals surface area contributed by atoms with E-state index in [1.165, 1.54) is 16.0 Å². The molecule has 3 nitrogen and oxygen atoms in total. The first-order chi connectivity index (χ1) is 7.24.